The maximum absolute atomic E-state index is 11.5. The van der Waals surface area contributed by atoms with Gasteiger partial charge in [-0.05, 0) is 33.4 Å². The summed E-state index contributed by atoms with van der Waals surface area (Å²) in [5.41, 5.74) is 0. The van der Waals surface area contributed by atoms with Crippen LogP contribution >= 0.6 is 0 Å². The molecule has 0 saturated heterocycles. The highest BCUT2D eigenvalue weighted by Crippen LogP contribution is 2.25. The number of carboxylic acid groups (broad SMARTS) is 1. The van der Waals surface area contributed by atoms with Crippen molar-refractivity contribution in [3.63, 3.8) is 0 Å². The quantitative estimate of drug-likeness (QED) is 0.710. The van der Waals surface area contributed by atoms with Crippen molar-refractivity contribution in [3.8, 4) is 0 Å². The molecule has 0 aromatic carbocycles. The molecule has 0 bridgehead atoms. The van der Waals surface area contributed by atoms with Gasteiger partial charge in [0.25, 0.3) is 0 Å². The van der Waals surface area contributed by atoms with Gasteiger partial charge in [-0.1, -0.05) is 0 Å². The molecule has 2 N–H and O–H groups in total. The molecular weight excluding hydrogens is 208 g/mol. The summed E-state index contributed by atoms with van der Waals surface area (Å²) < 4.78 is 0. The Hall–Kier alpha value is -1.10. The van der Waals surface area contributed by atoms with Crippen molar-refractivity contribution < 1.29 is 14.7 Å². The molecule has 1 amide bonds. The Labute approximate surface area is 95.8 Å². The van der Waals surface area contributed by atoms with Crippen molar-refractivity contribution >= 4 is 11.9 Å². The van der Waals surface area contributed by atoms with Crippen LogP contribution in [0.4, 0.5) is 0 Å². The van der Waals surface area contributed by atoms with Crippen molar-refractivity contribution in [2.24, 2.45) is 5.92 Å². The second kappa shape index (κ2) is 5.84. The summed E-state index contributed by atoms with van der Waals surface area (Å²) in [6, 6.07) is 0.0516. The number of nitrogens with zero attached hydrogens (tertiary/aromatic N) is 1. The van der Waals surface area contributed by atoms with E-state index in [0.717, 1.165) is 13.0 Å². The first-order chi connectivity index (χ1) is 7.49. The van der Waals surface area contributed by atoms with Crippen molar-refractivity contribution in [2.75, 3.05) is 20.6 Å². The van der Waals surface area contributed by atoms with Gasteiger partial charge < -0.3 is 15.3 Å². The van der Waals surface area contributed by atoms with E-state index in [2.05, 4.69) is 5.32 Å². The van der Waals surface area contributed by atoms with Crippen molar-refractivity contribution in [2.45, 2.75) is 31.7 Å². The fraction of sp³-hybridized carbons (Fsp3) is 0.818. The van der Waals surface area contributed by atoms with Gasteiger partial charge in [-0.2, -0.15) is 0 Å². The second-order valence-electron chi connectivity index (χ2n) is 4.67. The molecule has 1 aliphatic rings. The van der Waals surface area contributed by atoms with Crippen LogP contribution in [0.2, 0.25) is 0 Å². The summed E-state index contributed by atoms with van der Waals surface area (Å²) in [6.07, 6.45) is 2.50. The largest absolute Gasteiger partial charge is 0.481 e. The minimum absolute atomic E-state index is 0.0183. The van der Waals surface area contributed by atoms with E-state index in [9.17, 15) is 9.59 Å². The van der Waals surface area contributed by atoms with E-state index in [1.807, 2.05) is 19.0 Å². The van der Waals surface area contributed by atoms with Gasteiger partial charge in [-0.25, -0.2) is 0 Å². The van der Waals surface area contributed by atoms with Gasteiger partial charge >= 0.3 is 5.97 Å². The lowest BCUT2D eigenvalue weighted by Gasteiger charge is -2.14. The zero-order valence-electron chi connectivity index (χ0n) is 9.90. The molecular formula is C11H20N2O3. The van der Waals surface area contributed by atoms with Crippen molar-refractivity contribution in [3.05, 3.63) is 0 Å². The van der Waals surface area contributed by atoms with Crippen LogP contribution in [0.5, 0.6) is 0 Å². The molecule has 1 saturated carbocycles. The SMILES string of the molecule is CN(C)CCC(=O)N[C@H]1CC[C@@H](C(=O)O)C1. The summed E-state index contributed by atoms with van der Waals surface area (Å²) in [6.45, 7) is 0.723. The molecule has 0 radical (unpaired) electrons. The summed E-state index contributed by atoms with van der Waals surface area (Å²) in [4.78, 5) is 24.2. The number of aliphatic carboxylic acids is 1. The molecule has 0 aromatic rings. The van der Waals surface area contributed by atoms with E-state index in [4.69, 9.17) is 5.11 Å². The molecule has 1 aliphatic carbocycles. The molecule has 0 spiro atoms. The number of carbonyl (C=O) groups is 2. The van der Waals surface area contributed by atoms with Crippen LogP contribution in [0, 0.1) is 5.92 Å². The molecule has 16 heavy (non-hydrogen) atoms. The molecule has 1 fully saturated rings. The summed E-state index contributed by atoms with van der Waals surface area (Å²) in [7, 11) is 3.84. The number of hydrogen-bond donors (Lipinski definition) is 2. The first kappa shape index (κ1) is 13.0. The van der Waals surface area contributed by atoms with Crippen LogP contribution in [-0.4, -0.2) is 48.6 Å². The standard InChI is InChI=1S/C11H20N2O3/c1-13(2)6-5-10(14)12-9-4-3-8(7-9)11(15)16/h8-9H,3-7H2,1-2H3,(H,12,14)(H,15,16)/t8-,9+/m1/s1. The number of hydrogen-bond acceptors (Lipinski definition) is 3. The van der Waals surface area contributed by atoms with Gasteiger partial charge in [0, 0.05) is 19.0 Å². The van der Waals surface area contributed by atoms with Crippen LogP contribution in [0.1, 0.15) is 25.7 Å². The lowest BCUT2D eigenvalue weighted by molar-refractivity contribution is -0.141. The van der Waals surface area contributed by atoms with Gasteiger partial charge in [-0.3, -0.25) is 9.59 Å². The molecule has 2 atom stereocenters. The highest BCUT2D eigenvalue weighted by atomic mass is 16.4. The van der Waals surface area contributed by atoms with Crippen LogP contribution in [0.15, 0.2) is 0 Å². The highest BCUT2D eigenvalue weighted by Gasteiger charge is 2.30. The normalized spacial score (nSPS) is 24.7. The molecule has 0 aliphatic heterocycles. The minimum atomic E-state index is -0.745. The third-order valence-corrected chi connectivity index (χ3v) is 2.93. The number of carbonyl (C=O) groups excluding carboxylic acids is 1. The van der Waals surface area contributed by atoms with Gasteiger partial charge in [0.2, 0.25) is 5.91 Å². The number of amides is 1. The van der Waals surface area contributed by atoms with Gasteiger partial charge in [0.1, 0.15) is 0 Å². The highest BCUT2D eigenvalue weighted by molar-refractivity contribution is 5.77. The Bertz CT molecular complexity index is 266. The minimum Gasteiger partial charge on any atom is -0.481 e. The smallest absolute Gasteiger partial charge is 0.306 e. The van der Waals surface area contributed by atoms with Gasteiger partial charge in [-0.15, -0.1) is 0 Å². The van der Waals surface area contributed by atoms with E-state index in [1.165, 1.54) is 0 Å². The van der Waals surface area contributed by atoms with Crippen molar-refractivity contribution in [1.29, 1.82) is 0 Å². The van der Waals surface area contributed by atoms with Crippen LogP contribution < -0.4 is 5.32 Å². The Morgan fingerprint density at radius 3 is 2.56 bits per heavy atom. The zero-order valence-corrected chi connectivity index (χ0v) is 9.90. The fourth-order valence-electron chi connectivity index (χ4n) is 1.96. The summed E-state index contributed by atoms with van der Waals surface area (Å²) >= 11 is 0. The number of rotatable bonds is 5. The molecule has 5 heteroatoms. The topological polar surface area (TPSA) is 69.6 Å². The van der Waals surface area contributed by atoms with Gasteiger partial charge in [0.05, 0.1) is 5.92 Å². The predicted molar refractivity (Wildman–Crippen MR) is 60.1 cm³/mol. The summed E-state index contributed by atoms with van der Waals surface area (Å²) in [5, 5.41) is 11.7. The molecule has 92 valence electrons. The first-order valence-electron chi connectivity index (χ1n) is 5.66. The predicted octanol–water partition coefficient (Wildman–Crippen LogP) is 0.308. The third-order valence-electron chi connectivity index (χ3n) is 2.93. The van der Waals surface area contributed by atoms with Crippen LogP contribution in [-0.2, 0) is 9.59 Å². The average Bonchev–Trinajstić information content (AvgIpc) is 2.63. The Morgan fingerprint density at radius 1 is 1.38 bits per heavy atom. The van der Waals surface area contributed by atoms with E-state index in [0.29, 0.717) is 19.3 Å². The molecule has 0 unspecified atom stereocenters. The Morgan fingerprint density at radius 2 is 2.06 bits per heavy atom. The van der Waals surface area contributed by atoms with E-state index >= 15 is 0 Å². The fourth-order valence-corrected chi connectivity index (χ4v) is 1.96. The Balaban J connectivity index is 2.23. The van der Waals surface area contributed by atoms with Gasteiger partial charge in [0.15, 0.2) is 0 Å². The lowest BCUT2D eigenvalue weighted by Crippen LogP contribution is -2.35. The van der Waals surface area contributed by atoms with Crippen LogP contribution in [0.25, 0.3) is 0 Å². The average molecular weight is 228 g/mol. The Kier molecular flexibility index (Phi) is 4.73. The van der Waals surface area contributed by atoms with E-state index in [1.54, 1.807) is 0 Å². The molecule has 5 nitrogen and oxygen atoms in total. The lowest BCUT2D eigenvalue weighted by atomic mass is 10.1. The molecule has 0 aromatic heterocycles. The monoisotopic (exact) mass is 228 g/mol. The first-order valence-corrected chi connectivity index (χ1v) is 5.66. The zero-order chi connectivity index (χ0) is 12.1. The molecule has 1 rings (SSSR count). The van der Waals surface area contributed by atoms with E-state index in [-0.39, 0.29) is 17.9 Å². The second-order valence-corrected chi connectivity index (χ2v) is 4.67. The van der Waals surface area contributed by atoms with E-state index < -0.39 is 5.97 Å². The number of nitrogens with one attached hydrogen (secondary N) is 1. The maximum Gasteiger partial charge on any atom is 0.306 e. The summed E-state index contributed by atoms with van der Waals surface area (Å²) in [5.74, 6) is -1.01. The van der Waals surface area contributed by atoms with Crippen molar-refractivity contribution in [1.82, 2.24) is 10.2 Å². The third kappa shape index (κ3) is 4.18. The van der Waals surface area contributed by atoms with Crippen LogP contribution in [0.3, 0.4) is 0 Å². The molecule has 0 heterocycles. The maximum atomic E-state index is 11.5. The number of carboxylic acids is 1.